The average molecular weight is 278 g/mol. The van der Waals surface area contributed by atoms with Crippen molar-refractivity contribution in [3.05, 3.63) is 17.0 Å². The van der Waals surface area contributed by atoms with Crippen LogP contribution >= 0.6 is 0 Å². The lowest BCUT2D eigenvalue weighted by Gasteiger charge is -2.28. The summed E-state index contributed by atoms with van der Waals surface area (Å²) in [5.41, 5.74) is 3.39. The summed E-state index contributed by atoms with van der Waals surface area (Å²) in [4.78, 5) is 21.9. The molecule has 0 aliphatic carbocycles. The molecule has 6 heteroatoms. The van der Waals surface area contributed by atoms with E-state index in [2.05, 4.69) is 27.1 Å². The topological polar surface area (TPSA) is 78.4 Å². The van der Waals surface area contributed by atoms with Crippen molar-refractivity contribution in [2.24, 2.45) is 0 Å². The van der Waals surface area contributed by atoms with E-state index in [0.29, 0.717) is 18.9 Å². The van der Waals surface area contributed by atoms with Crippen LogP contribution < -0.4 is 5.32 Å². The minimum Gasteiger partial charge on any atom is -0.481 e. The van der Waals surface area contributed by atoms with E-state index >= 15 is 0 Å². The van der Waals surface area contributed by atoms with Crippen LogP contribution in [0.3, 0.4) is 0 Å². The van der Waals surface area contributed by atoms with Gasteiger partial charge in [-0.1, -0.05) is 6.92 Å². The average Bonchev–Trinajstić information content (AvgIpc) is 2.43. The Morgan fingerprint density at radius 2 is 2.25 bits per heavy atom. The van der Waals surface area contributed by atoms with Gasteiger partial charge in [0.1, 0.15) is 0 Å². The Hall–Kier alpha value is -1.69. The smallest absolute Gasteiger partial charge is 0.303 e. The SMILES string of the molecule is CCN1CCc2nc(NCCCC(=O)O)nc(C)c2C1. The summed E-state index contributed by atoms with van der Waals surface area (Å²) in [7, 11) is 0. The maximum absolute atomic E-state index is 10.5. The standard InChI is InChI=1S/C14H22N4O2/c1-3-18-8-6-12-11(9-18)10(2)16-14(17-12)15-7-4-5-13(19)20/h3-9H2,1-2H3,(H,19,20)(H,15,16,17). The van der Waals surface area contributed by atoms with Crippen molar-refractivity contribution < 1.29 is 9.90 Å². The van der Waals surface area contributed by atoms with Crippen LogP contribution in [0.15, 0.2) is 0 Å². The van der Waals surface area contributed by atoms with Crippen LogP contribution in [0.1, 0.15) is 36.7 Å². The van der Waals surface area contributed by atoms with Crippen molar-refractivity contribution in [1.29, 1.82) is 0 Å². The molecule has 2 N–H and O–H groups in total. The first-order chi connectivity index (χ1) is 9.60. The number of carbonyl (C=O) groups is 1. The van der Waals surface area contributed by atoms with Gasteiger partial charge >= 0.3 is 5.97 Å². The summed E-state index contributed by atoms with van der Waals surface area (Å²) in [5.74, 6) is -0.148. The van der Waals surface area contributed by atoms with E-state index in [0.717, 1.165) is 37.4 Å². The molecule has 0 fully saturated rings. The van der Waals surface area contributed by atoms with Crippen LogP contribution in [0.2, 0.25) is 0 Å². The highest BCUT2D eigenvalue weighted by Gasteiger charge is 2.19. The van der Waals surface area contributed by atoms with Gasteiger partial charge in [-0.15, -0.1) is 0 Å². The molecule has 0 aromatic carbocycles. The van der Waals surface area contributed by atoms with Gasteiger partial charge in [-0.2, -0.15) is 0 Å². The molecule has 0 saturated heterocycles. The molecule has 6 nitrogen and oxygen atoms in total. The predicted molar refractivity (Wildman–Crippen MR) is 76.8 cm³/mol. The maximum Gasteiger partial charge on any atom is 0.303 e. The van der Waals surface area contributed by atoms with E-state index < -0.39 is 5.97 Å². The van der Waals surface area contributed by atoms with E-state index in [1.54, 1.807) is 0 Å². The molecular formula is C14H22N4O2. The van der Waals surface area contributed by atoms with Crippen LogP contribution in [0, 0.1) is 6.92 Å². The lowest BCUT2D eigenvalue weighted by Crippen LogP contribution is -2.32. The second kappa shape index (κ2) is 6.65. The number of aliphatic carboxylic acids is 1. The van der Waals surface area contributed by atoms with E-state index in [4.69, 9.17) is 5.11 Å². The molecule has 0 bridgehead atoms. The highest BCUT2D eigenvalue weighted by Crippen LogP contribution is 2.20. The van der Waals surface area contributed by atoms with Crippen LogP contribution in [-0.2, 0) is 17.8 Å². The number of anilines is 1. The van der Waals surface area contributed by atoms with Gasteiger partial charge in [0.25, 0.3) is 0 Å². The lowest BCUT2D eigenvalue weighted by molar-refractivity contribution is -0.137. The zero-order chi connectivity index (χ0) is 14.5. The molecule has 1 aliphatic heterocycles. The van der Waals surface area contributed by atoms with Crippen molar-refractivity contribution in [1.82, 2.24) is 14.9 Å². The van der Waals surface area contributed by atoms with Gasteiger partial charge in [0, 0.05) is 43.7 Å². The summed E-state index contributed by atoms with van der Waals surface area (Å²) in [6, 6.07) is 0. The molecule has 1 aromatic rings. The fourth-order valence-corrected chi connectivity index (χ4v) is 2.42. The van der Waals surface area contributed by atoms with Crippen molar-refractivity contribution >= 4 is 11.9 Å². The van der Waals surface area contributed by atoms with Gasteiger partial charge < -0.3 is 10.4 Å². The summed E-state index contributed by atoms with van der Waals surface area (Å²) < 4.78 is 0. The van der Waals surface area contributed by atoms with Crippen molar-refractivity contribution in [2.75, 3.05) is 25.0 Å². The van der Waals surface area contributed by atoms with E-state index in [-0.39, 0.29) is 6.42 Å². The van der Waals surface area contributed by atoms with E-state index in [9.17, 15) is 4.79 Å². The fraction of sp³-hybridized carbons (Fsp3) is 0.643. The second-order valence-electron chi connectivity index (χ2n) is 5.10. The van der Waals surface area contributed by atoms with E-state index in [1.807, 2.05) is 6.92 Å². The number of nitrogens with one attached hydrogen (secondary N) is 1. The largest absolute Gasteiger partial charge is 0.481 e. The summed E-state index contributed by atoms with van der Waals surface area (Å²) in [6.07, 6.45) is 1.71. The Balaban J connectivity index is 1.99. The fourth-order valence-electron chi connectivity index (χ4n) is 2.42. The number of carboxylic acid groups (broad SMARTS) is 1. The first-order valence-corrected chi connectivity index (χ1v) is 7.14. The van der Waals surface area contributed by atoms with Crippen LogP contribution in [0.25, 0.3) is 0 Å². The highest BCUT2D eigenvalue weighted by molar-refractivity contribution is 5.66. The number of fused-ring (bicyclic) bond motifs is 1. The maximum atomic E-state index is 10.5. The van der Waals surface area contributed by atoms with Gasteiger partial charge in [-0.25, -0.2) is 9.97 Å². The zero-order valence-electron chi connectivity index (χ0n) is 12.1. The van der Waals surface area contributed by atoms with Gasteiger partial charge in [-0.3, -0.25) is 9.69 Å². The Labute approximate surface area is 119 Å². The second-order valence-corrected chi connectivity index (χ2v) is 5.10. The molecule has 0 spiro atoms. The Morgan fingerprint density at radius 3 is 2.95 bits per heavy atom. The third-order valence-corrected chi connectivity index (χ3v) is 3.64. The molecule has 110 valence electrons. The molecule has 0 unspecified atom stereocenters. The number of rotatable bonds is 6. The molecule has 20 heavy (non-hydrogen) atoms. The number of nitrogens with zero attached hydrogens (tertiary/aromatic N) is 3. The van der Waals surface area contributed by atoms with Crippen LogP contribution in [0.4, 0.5) is 5.95 Å². The number of hydrogen-bond donors (Lipinski definition) is 2. The van der Waals surface area contributed by atoms with Crippen molar-refractivity contribution in [3.63, 3.8) is 0 Å². The summed E-state index contributed by atoms with van der Waals surface area (Å²) >= 11 is 0. The van der Waals surface area contributed by atoms with Gasteiger partial charge in [-0.05, 0) is 19.9 Å². The lowest BCUT2D eigenvalue weighted by atomic mass is 10.0. The normalized spacial score (nSPS) is 14.9. The molecule has 2 rings (SSSR count). The minimum atomic E-state index is -0.769. The molecular weight excluding hydrogens is 256 g/mol. The van der Waals surface area contributed by atoms with Crippen LogP contribution in [-0.4, -0.2) is 45.6 Å². The number of aryl methyl sites for hydroxylation is 1. The van der Waals surface area contributed by atoms with Crippen molar-refractivity contribution in [3.8, 4) is 0 Å². The Kier molecular flexibility index (Phi) is 4.89. The van der Waals surface area contributed by atoms with Gasteiger partial charge in [0.05, 0.1) is 5.69 Å². The first kappa shape index (κ1) is 14.7. The zero-order valence-corrected chi connectivity index (χ0v) is 12.1. The molecule has 0 atom stereocenters. The predicted octanol–water partition coefficient (Wildman–Crippen LogP) is 1.44. The molecule has 1 aliphatic rings. The first-order valence-electron chi connectivity index (χ1n) is 7.14. The quantitative estimate of drug-likeness (QED) is 0.767. The molecule has 1 aromatic heterocycles. The van der Waals surface area contributed by atoms with Crippen molar-refractivity contribution in [2.45, 2.75) is 39.7 Å². The molecule has 2 heterocycles. The monoisotopic (exact) mass is 278 g/mol. The summed E-state index contributed by atoms with van der Waals surface area (Å²) in [6.45, 7) is 7.79. The van der Waals surface area contributed by atoms with Gasteiger partial charge in [0.2, 0.25) is 5.95 Å². The Bertz CT molecular complexity index is 490. The van der Waals surface area contributed by atoms with Crippen LogP contribution in [0.5, 0.6) is 0 Å². The molecule has 0 saturated carbocycles. The highest BCUT2D eigenvalue weighted by atomic mass is 16.4. The van der Waals surface area contributed by atoms with Gasteiger partial charge in [0.15, 0.2) is 0 Å². The summed E-state index contributed by atoms with van der Waals surface area (Å²) in [5, 5.41) is 11.7. The minimum absolute atomic E-state index is 0.169. The Morgan fingerprint density at radius 1 is 1.45 bits per heavy atom. The molecule has 0 radical (unpaired) electrons. The third-order valence-electron chi connectivity index (χ3n) is 3.64. The number of likely N-dealkylation sites (N-methyl/N-ethyl adjacent to an activating group) is 1. The third kappa shape index (κ3) is 3.66. The van der Waals surface area contributed by atoms with E-state index in [1.165, 1.54) is 5.56 Å². The number of aromatic nitrogens is 2. The number of hydrogen-bond acceptors (Lipinski definition) is 5. The number of carboxylic acids is 1. The molecule has 0 amide bonds.